The number of ether oxygens (including phenoxy) is 1. The van der Waals surface area contributed by atoms with Gasteiger partial charge in [0, 0.05) is 37.0 Å². The standard InChI is InChI=1S/C19H21N5O2S/c1-13-22-23-19(27-13)17-4-3-14-11-20-15(10-18(14)21-17)9-16(25)12-24-5-2-7-26-8-6-24/h3-4,10-11H,2,5-9,12H2,1H3. The van der Waals surface area contributed by atoms with Crippen LogP contribution < -0.4 is 0 Å². The van der Waals surface area contributed by atoms with Gasteiger partial charge in [-0.05, 0) is 31.5 Å². The van der Waals surface area contributed by atoms with Crippen LogP contribution in [0.5, 0.6) is 0 Å². The maximum Gasteiger partial charge on any atom is 0.166 e. The third kappa shape index (κ3) is 4.52. The van der Waals surface area contributed by atoms with Crippen LogP contribution in [0.15, 0.2) is 24.4 Å². The molecule has 0 amide bonds. The number of nitrogens with zero attached hydrogens (tertiary/aromatic N) is 5. The highest BCUT2D eigenvalue weighted by molar-refractivity contribution is 7.14. The summed E-state index contributed by atoms with van der Waals surface area (Å²) in [6, 6.07) is 5.80. The Labute approximate surface area is 161 Å². The molecular weight excluding hydrogens is 362 g/mol. The van der Waals surface area contributed by atoms with E-state index in [1.807, 2.05) is 25.1 Å². The minimum atomic E-state index is 0.166. The molecule has 3 aromatic heterocycles. The maximum absolute atomic E-state index is 12.5. The molecule has 4 heterocycles. The first-order chi connectivity index (χ1) is 13.2. The minimum absolute atomic E-state index is 0.166. The summed E-state index contributed by atoms with van der Waals surface area (Å²) in [4.78, 5) is 23.7. The molecule has 0 saturated carbocycles. The molecule has 8 heteroatoms. The molecule has 1 saturated heterocycles. The molecule has 0 unspecified atom stereocenters. The number of aromatic nitrogens is 4. The van der Waals surface area contributed by atoms with Crippen LogP contribution in [0.3, 0.4) is 0 Å². The molecule has 27 heavy (non-hydrogen) atoms. The van der Waals surface area contributed by atoms with Crippen LogP contribution in [0.4, 0.5) is 0 Å². The molecule has 1 aliphatic heterocycles. The van der Waals surface area contributed by atoms with Crippen LogP contribution in [0.2, 0.25) is 0 Å². The summed E-state index contributed by atoms with van der Waals surface area (Å²) >= 11 is 1.52. The lowest BCUT2D eigenvalue weighted by Crippen LogP contribution is -2.32. The van der Waals surface area contributed by atoms with Gasteiger partial charge in [-0.1, -0.05) is 11.3 Å². The van der Waals surface area contributed by atoms with Gasteiger partial charge in [0.15, 0.2) is 10.8 Å². The summed E-state index contributed by atoms with van der Waals surface area (Å²) in [6.07, 6.45) is 3.07. The average Bonchev–Trinajstić information content (AvgIpc) is 2.93. The molecule has 0 aliphatic carbocycles. The molecule has 0 spiro atoms. The van der Waals surface area contributed by atoms with Crippen LogP contribution in [0.25, 0.3) is 21.6 Å². The summed E-state index contributed by atoms with van der Waals surface area (Å²) < 4.78 is 5.44. The first-order valence-corrected chi connectivity index (χ1v) is 9.87. The van der Waals surface area contributed by atoms with Gasteiger partial charge in [0.1, 0.15) is 10.7 Å². The molecule has 0 aromatic carbocycles. The Morgan fingerprint density at radius 1 is 1.26 bits per heavy atom. The van der Waals surface area contributed by atoms with Crippen LogP contribution in [0.1, 0.15) is 17.1 Å². The molecular formula is C19H21N5O2S. The van der Waals surface area contributed by atoms with Gasteiger partial charge >= 0.3 is 0 Å². The van der Waals surface area contributed by atoms with Gasteiger partial charge < -0.3 is 4.74 Å². The zero-order valence-electron chi connectivity index (χ0n) is 15.2. The molecule has 7 nitrogen and oxygen atoms in total. The summed E-state index contributed by atoms with van der Waals surface area (Å²) in [6.45, 7) is 5.55. The number of hydrogen-bond donors (Lipinski definition) is 0. The van der Waals surface area contributed by atoms with Gasteiger partial charge in [0.25, 0.3) is 0 Å². The fourth-order valence-corrected chi connectivity index (χ4v) is 3.80. The number of fused-ring (bicyclic) bond motifs is 1. The molecule has 3 aromatic rings. The fraction of sp³-hybridized carbons (Fsp3) is 0.421. The number of hydrogen-bond acceptors (Lipinski definition) is 8. The Kier molecular flexibility index (Phi) is 5.47. The fourth-order valence-electron chi connectivity index (χ4n) is 3.14. The van der Waals surface area contributed by atoms with E-state index < -0.39 is 0 Å². The highest BCUT2D eigenvalue weighted by Gasteiger charge is 2.15. The smallest absolute Gasteiger partial charge is 0.166 e. The van der Waals surface area contributed by atoms with Crippen molar-refractivity contribution in [2.45, 2.75) is 19.8 Å². The molecule has 1 aliphatic rings. The summed E-state index contributed by atoms with van der Waals surface area (Å²) in [5, 5.41) is 10.9. The largest absolute Gasteiger partial charge is 0.380 e. The number of aryl methyl sites for hydroxylation is 1. The quantitative estimate of drug-likeness (QED) is 0.668. The topological polar surface area (TPSA) is 81.1 Å². The minimum Gasteiger partial charge on any atom is -0.380 e. The molecule has 0 atom stereocenters. The van der Waals surface area contributed by atoms with E-state index in [-0.39, 0.29) is 5.78 Å². The maximum atomic E-state index is 12.5. The van der Waals surface area contributed by atoms with Crippen molar-refractivity contribution in [3.8, 4) is 10.7 Å². The van der Waals surface area contributed by atoms with Gasteiger partial charge in [0.2, 0.25) is 0 Å². The SMILES string of the molecule is Cc1nnc(-c2ccc3cnc(CC(=O)CN4CCCOCC4)cc3n2)s1. The van der Waals surface area contributed by atoms with Gasteiger partial charge in [-0.3, -0.25) is 14.7 Å². The highest BCUT2D eigenvalue weighted by Crippen LogP contribution is 2.23. The summed E-state index contributed by atoms with van der Waals surface area (Å²) in [7, 11) is 0. The normalized spacial score (nSPS) is 15.7. The monoisotopic (exact) mass is 383 g/mol. The van der Waals surface area contributed by atoms with E-state index in [0.29, 0.717) is 19.6 Å². The van der Waals surface area contributed by atoms with Crippen LogP contribution in [-0.4, -0.2) is 63.7 Å². The summed E-state index contributed by atoms with van der Waals surface area (Å²) in [5.74, 6) is 0.166. The number of ketones is 1. The van der Waals surface area contributed by atoms with E-state index in [0.717, 1.165) is 58.4 Å². The van der Waals surface area contributed by atoms with Gasteiger partial charge in [-0.2, -0.15) is 0 Å². The number of pyridine rings is 2. The van der Waals surface area contributed by atoms with E-state index in [1.54, 1.807) is 6.20 Å². The predicted octanol–water partition coefficient (Wildman–Crippen LogP) is 2.29. The van der Waals surface area contributed by atoms with E-state index in [2.05, 4.69) is 25.1 Å². The number of carbonyl (C=O) groups excluding carboxylic acids is 1. The molecule has 140 valence electrons. The van der Waals surface area contributed by atoms with Gasteiger partial charge in [-0.15, -0.1) is 10.2 Å². The van der Waals surface area contributed by atoms with Crippen molar-refractivity contribution in [3.05, 3.63) is 35.1 Å². The van der Waals surface area contributed by atoms with Crippen LogP contribution >= 0.6 is 11.3 Å². The van der Waals surface area contributed by atoms with E-state index in [1.165, 1.54) is 11.3 Å². The molecule has 0 radical (unpaired) electrons. The van der Waals surface area contributed by atoms with Crippen molar-refractivity contribution in [1.82, 2.24) is 25.1 Å². The second-order valence-electron chi connectivity index (χ2n) is 6.65. The Bertz CT molecular complexity index is 950. The number of rotatable bonds is 5. The van der Waals surface area contributed by atoms with Crippen molar-refractivity contribution >= 4 is 28.0 Å². The van der Waals surface area contributed by atoms with Crippen molar-refractivity contribution in [2.24, 2.45) is 0 Å². The number of Topliss-reactive ketones (excluding diaryl/α,β-unsaturated/α-hetero) is 1. The van der Waals surface area contributed by atoms with Crippen molar-refractivity contribution in [2.75, 3.05) is 32.8 Å². The second kappa shape index (κ2) is 8.16. The first kappa shape index (κ1) is 18.1. The molecule has 4 rings (SSSR count). The summed E-state index contributed by atoms with van der Waals surface area (Å²) in [5.41, 5.74) is 2.36. The van der Waals surface area contributed by atoms with E-state index in [4.69, 9.17) is 4.74 Å². The van der Waals surface area contributed by atoms with Gasteiger partial charge in [-0.25, -0.2) is 4.98 Å². The Morgan fingerprint density at radius 2 is 2.19 bits per heavy atom. The lowest BCUT2D eigenvalue weighted by molar-refractivity contribution is -0.119. The van der Waals surface area contributed by atoms with E-state index >= 15 is 0 Å². The molecule has 0 N–H and O–H groups in total. The highest BCUT2D eigenvalue weighted by atomic mass is 32.1. The predicted molar refractivity (Wildman–Crippen MR) is 104 cm³/mol. The van der Waals surface area contributed by atoms with Crippen LogP contribution in [0, 0.1) is 6.92 Å². The van der Waals surface area contributed by atoms with Gasteiger partial charge in [0.05, 0.1) is 25.1 Å². The first-order valence-electron chi connectivity index (χ1n) is 9.05. The zero-order valence-corrected chi connectivity index (χ0v) is 16.0. The van der Waals surface area contributed by atoms with Crippen molar-refractivity contribution in [1.29, 1.82) is 0 Å². The zero-order chi connectivity index (χ0) is 18.6. The third-order valence-corrected chi connectivity index (χ3v) is 5.33. The molecule has 1 fully saturated rings. The Hall–Kier alpha value is -2.29. The lowest BCUT2D eigenvalue weighted by Gasteiger charge is -2.17. The number of carbonyl (C=O) groups is 1. The lowest BCUT2D eigenvalue weighted by atomic mass is 10.1. The Balaban J connectivity index is 1.49. The Morgan fingerprint density at radius 3 is 3.04 bits per heavy atom. The second-order valence-corrected chi connectivity index (χ2v) is 7.83. The van der Waals surface area contributed by atoms with Crippen molar-refractivity contribution < 1.29 is 9.53 Å². The van der Waals surface area contributed by atoms with Crippen molar-refractivity contribution in [3.63, 3.8) is 0 Å². The average molecular weight is 383 g/mol. The van der Waals surface area contributed by atoms with E-state index in [9.17, 15) is 4.79 Å². The third-order valence-electron chi connectivity index (χ3n) is 4.47. The molecule has 0 bridgehead atoms. The van der Waals surface area contributed by atoms with Crippen LogP contribution in [-0.2, 0) is 16.0 Å².